The molecule has 1 heterocycles. The molecule has 0 fully saturated rings. The second-order valence-corrected chi connectivity index (χ2v) is 4.04. The fraction of sp³-hybridized carbons (Fsp3) is 0. The summed E-state index contributed by atoms with van der Waals surface area (Å²) in [5, 5.41) is 0.268. The second-order valence-electron chi connectivity index (χ2n) is 2.65. The molecule has 0 aliphatic carbocycles. The Bertz CT molecular complexity index is 470. The van der Waals surface area contributed by atoms with E-state index in [0.717, 1.165) is 11.3 Å². The molecule has 1 aromatic heterocycles. The lowest BCUT2D eigenvalue weighted by atomic mass is 10.2. The Balaban J connectivity index is 2.60. The molecule has 0 aliphatic rings. The van der Waals surface area contributed by atoms with Gasteiger partial charge in [0.05, 0.1) is 5.02 Å². The fourth-order valence-electron chi connectivity index (χ4n) is 1.14. The van der Waals surface area contributed by atoms with Gasteiger partial charge in [0.2, 0.25) is 5.13 Å². The highest BCUT2D eigenvalue weighted by atomic mass is 35.5. The summed E-state index contributed by atoms with van der Waals surface area (Å²) in [6, 6.07) is 6.95. The molecule has 2 N–H and O–H groups in total. The van der Waals surface area contributed by atoms with Gasteiger partial charge in [0.1, 0.15) is 5.69 Å². The van der Waals surface area contributed by atoms with E-state index >= 15 is 0 Å². The van der Waals surface area contributed by atoms with Gasteiger partial charge in [-0.1, -0.05) is 41.1 Å². The largest absolute Gasteiger partial charge is 0.375 e. The molecule has 14 heavy (non-hydrogen) atoms. The number of nitrogen functional groups attached to an aromatic ring is 1. The lowest BCUT2D eigenvalue weighted by Crippen LogP contribution is -1.84. The van der Waals surface area contributed by atoms with Crippen LogP contribution in [-0.2, 0) is 0 Å². The normalized spacial score (nSPS) is 10.4. The van der Waals surface area contributed by atoms with Gasteiger partial charge in [0, 0.05) is 5.56 Å². The number of nitrogens with zero attached hydrogens (tertiary/aromatic N) is 1. The third kappa shape index (κ3) is 1.58. The molecule has 0 amide bonds. The van der Waals surface area contributed by atoms with Gasteiger partial charge in [-0.15, -0.1) is 0 Å². The molecule has 0 spiro atoms. The van der Waals surface area contributed by atoms with Crippen LogP contribution in [0.4, 0.5) is 9.52 Å². The number of aromatic nitrogens is 1. The van der Waals surface area contributed by atoms with Crippen LogP contribution in [0.1, 0.15) is 0 Å². The highest BCUT2D eigenvalue weighted by molar-refractivity contribution is 7.14. The first-order valence-electron chi connectivity index (χ1n) is 3.85. The van der Waals surface area contributed by atoms with E-state index < -0.39 is 5.13 Å². The first-order chi connectivity index (χ1) is 6.68. The maximum atomic E-state index is 13.3. The van der Waals surface area contributed by atoms with E-state index in [4.69, 9.17) is 17.3 Å². The molecule has 1 aromatic carbocycles. The summed E-state index contributed by atoms with van der Waals surface area (Å²) in [4.78, 5) is 3.88. The van der Waals surface area contributed by atoms with Crippen molar-refractivity contribution in [3.05, 3.63) is 34.4 Å². The lowest BCUT2D eigenvalue weighted by Gasteiger charge is -1.98. The van der Waals surface area contributed by atoms with Crippen molar-refractivity contribution in [1.82, 2.24) is 4.98 Å². The van der Waals surface area contributed by atoms with Crippen LogP contribution in [0, 0.1) is 5.13 Å². The number of anilines is 1. The van der Waals surface area contributed by atoms with Crippen LogP contribution in [0.15, 0.2) is 24.3 Å². The molecule has 72 valence electrons. The average molecular weight is 229 g/mol. The summed E-state index contributed by atoms with van der Waals surface area (Å²) in [7, 11) is 0. The van der Waals surface area contributed by atoms with Crippen LogP contribution in [0.25, 0.3) is 11.3 Å². The maximum absolute atomic E-state index is 13.3. The smallest absolute Gasteiger partial charge is 0.206 e. The minimum Gasteiger partial charge on any atom is -0.375 e. The van der Waals surface area contributed by atoms with Crippen LogP contribution in [0.5, 0.6) is 0 Å². The number of benzene rings is 1. The van der Waals surface area contributed by atoms with Gasteiger partial charge in [0.15, 0.2) is 5.13 Å². The van der Waals surface area contributed by atoms with Crippen molar-refractivity contribution < 1.29 is 4.39 Å². The zero-order valence-electron chi connectivity index (χ0n) is 7.00. The van der Waals surface area contributed by atoms with Crippen LogP contribution >= 0.6 is 22.9 Å². The Hall–Kier alpha value is -1.13. The van der Waals surface area contributed by atoms with E-state index in [9.17, 15) is 4.39 Å². The summed E-state index contributed by atoms with van der Waals surface area (Å²) in [6.45, 7) is 0. The van der Waals surface area contributed by atoms with Gasteiger partial charge in [-0.2, -0.15) is 4.39 Å². The van der Waals surface area contributed by atoms with Crippen molar-refractivity contribution in [3.63, 3.8) is 0 Å². The second kappa shape index (κ2) is 3.55. The molecule has 0 radical (unpaired) electrons. The average Bonchev–Trinajstić information content (AvgIpc) is 2.46. The quantitative estimate of drug-likeness (QED) is 0.814. The first-order valence-corrected chi connectivity index (χ1v) is 5.04. The van der Waals surface area contributed by atoms with Gasteiger partial charge in [-0.05, 0) is 6.07 Å². The number of halogens is 2. The van der Waals surface area contributed by atoms with Crippen molar-refractivity contribution in [2.75, 3.05) is 5.73 Å². The summed E-state index contributed by atoms with van der Waals surface area (Å²) in [6.07, 6.45) is 0. The third-order valence-corrected chi connectivity index (χ3v) is 2.73. The van der Waals surface area contributed by atoms with E-state index in [-0.39, 0.29) is 10.8 Å². The van der Waals surface area contributed by atoms with Crippen LogP contribution in [-0.4, -0.2) is 4.98 Å². The zero-order valence-corrected chi connectivity index (χ0v) is 8.57. The summed E-state index contributed by atoms with van der Waals surface area (Å²) >= 11 is 6.71. The Kier molecular flexibility index (Phi) is 2.39. The van der Waals surface area contributed by atoms with Crippen LogP contribution in [0.3, 0.4) is 0 Å². The van der Waals surface area contributed by atoms with Crippen LogP contribution in [0.2, 0.25) is 5.02 Å². The van der Waals surface area contributed by atoms with E-state index in [1.54, 1.807) is 24.3 Å². The molecule has 2 aromatic rings. The molecule has 0 saturated carbocycles. The van der Waals surface area contributed by atoms with E-state index in [0.29, 0.717) is 10.6 Å². The van der Waals surface area contributed by atoms with Crippen molar-refractivity contribution in [2.24, 2.45) is 0 Å². The molecular weight excluding hydrogens is 223 g/mol. The topological polar surface area (TPSA) is 38.9 Å². The number of rotatable bonds is 1. The number of nitrogens with two attached hydrogens (primary N) is 1. The minimum absolute atomic E-state index is 0.206. The Morgan fingerprint density at radius 3 is 2.64 bits per heavy atom. The molecular formula is C9H6ClFN2S. The van der Waals surface area contributed by atoms with E-state index in [1.165, 1.54) is 0 Å². The van der Waals surface area contributed by atoms with Gasteiger partial charge in [0.25, 0.3) is 0 Å². The minimum atomic E-state index is -0.407. The highest BCUT2D eigenvalue weighted by Gasteiger charge is 2.13. The molecule has 0 saturated heterocycles. The Labute approximate surface area is 89.2 Å². The van der Waals surface area contributed by atoms with Crippen molar-refractivity contribution in [1.29, 1.82) is 0 Å². The molecule has 2 nitrogen and oxygen atoms in total. The third-order valence-electron chi connectivity index (χ3n) is 1.73. The van der Waals surface area contributed by atoms with Crippen molar-refractivity contribution in [3.8, 4) is 11.3 Å². The molecule has 5 heteroatoms. The Morgan fingerprint density at radius 1 is 1.36 bits per heavy atom. The van der Waals surface area contributed by atoms with Crippen molar-refractivity contribution >= 4 is 28.1 Å². The fourth-order valence-corrected chi connectivity index (χ4v) is 1.93. The van der Waals surface area contributed by atoms with Crippen molar-refractivity contribution in [2.45, 2.75) is 0 Å². The van der Waals surface area contributed by atoms with Gasteiger partial charge >= 0.3 is 0 Å². The number of thiazole rings is 1. The first kappa shape index (κ1) is 9.43. The predicted molar refractivity (Wildman–Crippen MR) is 56.9 cm³/mol. The van der Waals surface area contributed by atoms with Gasteiger partial charge in [-0.3, -0.25) is 0 Å². The standard InChI is InChI=1S/C9H6ClFN2S/c10-6-4-2-1-3-5(6)7-8(11)14-9(12)13-7/h1-4H,(H2,12,13). The SMILES string of the molecule is Nc1nc(-c2ccccc2Cl)c(F)s1. The predicted octanol–water partition coefficient (Wildman–Crippen LogP) is 3.18. The molecule has 0 aliphatic heterocycles. The van der Waals surface area contributed by atoms with E-state index in [1.807, 2.05) is 0 Å². The molecule has 0 bridgehead atoms. The van der Waals surface area contributed by atoms with Gasteiger partial charge in [-0.25, -0.2) is 4.98 Å². The zero-order chi connectivity index (χ0) is 10.1. The summed E-state index contributed by atoms with van der Waals surface area (Å²) < 4.78 is 13.3. The van der Waals surface area contributed by atoms with E-state index in [2.05, 4.69) is 4.98 Å². The Morgan fingerprint density at radius 2 is 2.07 bits per heavy atom. The monoisotopic (exact) mass is 228 g/mol. The number of hydrogen-bond acceptors (Lipinski definition) is 3. The van der Waals surface area contributed by atoms with Gasteiger partial charge < -0.3 is 5.73 Å². The number of hydrogen-bond donors (Lipinski definition) is 1. The molecule has 0 atom stereocenters. The highest BCUT2D eigenvalue weighted by Crippen LogP contribution is 2.32. The molecule has 2 rings (SSSR count). The molecule has 0 unspecified atom stereocenters. The van der Waals surface area contributed by atoms with Crippen LogP contribution < -0.4 is 5.73 Å². The lowest BCUT2D eigenvalue weighted by molar-refractivity contribution is 0.657. The maximum Gasteiger partial charge on any atom is 0.206 e. The summed E-state index contributed by atoms with van der Waals surface area (Å²) in [5.74, 6) is 0. The summed E-state index contributed by atoms with van der Waals surface area (Å²) in [5.41, 5.74) is 6.18.